The predicted molar refractivity (Wildman–Crippen MR) is 84.2 cm³/mol. The van der Waals surface area contributed by atoms with Gasteiger partial charge in [0.05, 0.1) is 12.6 Å². The number of carbonyl (C=O) groups is 1. The molecule has 0 radical (unpaired) electrons. The molecule has 1 saturated heterocycles. The van der Waals surface area contributed by atoms with E-state index in [4.69, 9.17) is 14.9 Å². The molecule has 1 aromatic heterocycles. The van der Waals surface area contributed by atoms with Crippen molar-refractivity contribution in [3.05, 3.63) is 36.1 Å². The lowest BCUT2D eigenvalue weighted by atomic mass is 9.91. The van der Waals surface area contributed by atoms with Crippen molar-refractivity contribution in [1.82, 2.24) is 4.90 Å². The zero-order chi connectivity index (χ0) is 15.5. The lowest BCUT2D eigenvalue weighted by molar-refractivity contribution is -0.134. The van der Waals surface area contributed by atoms with Crippen molar-refractivity contribution in [3.8, 4) is 0 Å². The Bertz CT molecular complexity index is 613. The number of hydrogen-bond donors (Lipinski definition) is 1. The quantitative estimate of drug-likeness (QED) is 0.939. The largest absolute Gasteiger partial charge is 0.459 e. The minimum atomic E-state index is -0.460. The number of nitrogens with zero attached hydrogens (tertiary/aromatic N) is 1. The summed E-state index contributed by atoms with van der Waals surface area (Å²) in [6.45, 7) is 1.82. The number of furan rings is 1. The molecule has 2 heterocycles. The monoisotopic (exact) mass is 302 g/mol. The molecule has 3 rings (SSSR count). The van der Waals surface area contributed by atoms with Crippen LogP contribution in [0.2, 0.25) is 0 Å². The summed E-state index contributed by atoms with van der Waals surface area (Å²) in [5.41, 5.74) is 6.98. The first-order valence-corrected chi connectivity index (χ1v) is 7.71. The van der Waals surface area contributed by atoms with Crippen molar-refractivity contribution in [3.63, 3.8) is 0 Å². The van der Waals surface area contributed by atoms with E-state index in [1.54, 1.807) is 11.9 Å². The van der Waals surface area contributed by atoms with E-state index in [0.717, 1.165) is 29.6 Å². The molecule has 1 amide bonds. The second-order valence-electron chi connectivity index (χ2n) is 5.92. The average molecular weight is 302 g/mol. The Morgan fingerprint density at radius 1 is 1.36 bits per heavy atom. The first-order chi connectivity index (χ1) is 10.6. The number of benzene rings is 1. The summed E-state index contributed by atoms with van der Waals surface area (Å²) in [7, 11) is 1.77. The third-order valence-corrected chi connectivity index (χ3v) is 4.30. The molecule has 1 unspecified atom stereocenters. The van der Waals surface area contributed by atoms with Gasteiger partial charge >= 0.3 is 0 Å². The molecule has 2 N–H and O–H groups in total. The van der Waals surface area contributed by atoms with Gasteiger partial charge < -0.3 is 19.8 Å². The van der Waals surface area contributed by atoms with Crippen molar-refractivity contribution in [2.45, 2.75) is 25.4 Å². The van der Waals surface area contributed by atoms with Gasteiger partial charge in [-0.3, -0.25) is 4.79 Å². The summed E-state index contributed by atoms with van der Waals surface area (Å²) in [6.07, 6.45) is 1.71. The summed E-state index contributed by atoms with van der Waals surface area (Å²) < 4.78 is 11.1. The topological polar surface area (TPSA) is 68.7 Å². The fourth-order valence-electron chi connectivity index (χ4n) is 2.96. The second kappa shape index (κ2) is 6.50. The van der Waals surface area contributed by atoms with Gasteiger partial charge in [-0.2, -0.15) is 0 Å². The zero-order valence-corrected chi connectivity index (χ0v) is 12.8. The normalized spacial score (nSPS) is 17.5. The molecule has 5 heteroatoms. The van der Waals surface area contributed by atoms with Gasteiger partial charge in [-0.05, 0) is 30.9 Å². The van der Waals surface area contributed by atoms with Crippen LogP contribution in [0.15, 0.2) is 34.7 Å². The maximum Gasteiger partial charge on any atom is 0.239 e. The van der Waals surface area contributed by atoms with Crippen molar-refractivity contribution < 1.29 is 13.9 Å². The van der Waals surface area contributed by atoms with Gasteiger partial charge in [0.1, 0.15) is 11.3 Å². The van der Waals surface area contributed by atoms with E-state index in [-0.39, 0.29) is 11.8 Å². The van der Waals surface area contributed by atoms with E-state index >= 15 is 0 Å². The van der Waals surface area contributed by atoms with Crippen LogP contribution >= 0.6 is 0 Å². The third-order valence-electron chi connectivity index (χ3n) is 4.30. The first kappa shape index (κ1) is 15.1. The van der Waals surface area contributed by atoms with E-state index in [1.165, 1.54) is 0 Å². The molecule has 0 spiro atoms. The van der Waals surface area contributed by atoms with Crippen molar-refractivity contribution in [2.75, 3.05) is 20.3 Å². The third kappa shape index (κ3) is 3.15. The summed E-state index contributed by atoms with van der Waals surface area (Å²) in [5.74, 6) is 0.947. The summed E-state index contributed by atoms with van der Waals surface area (Å²) in [4.78, 5) is 14.1. The molecule has 1 atom stereocenters. The van der Waals surface area contributed by atoms with Crippen LogP contribution in [0.3, 0.4) is 0 Å². The van der Waals surface area contributed by atoms with Crippen LogP contribution in [0.1, 0.15) is 18.6 Å². The molecule has 1 aliphatic heterocycles. The molecule has 0 aliphatic carbocycles. The van der Waals surface area contributed by atoms with Crippen LogP contribution in [0.4, 0.5) is 0 Å². The Morgan fingerprint density at radius 2 is 2.09 bits per heavy atom. The van der Waals surface area contributed by atoms with E-state index in [2.05, 4.69) is 0 Å². The maximum absolute atomic E-state index is 12.5. The van der Waals surface area contributed by atoms with Crippen molar-refractivity contribution >= 4 is 16.9 Å². The van der Waals surface area contributed by atoms with Crippen molar-refractivity contribution in [1.29, 1.82) is 0 Å². The highest BCUT2D eigenvalue weighted by Crippen LogP contribution is 2.22. The van der Waals surface area contributed by atoms with Crippen LogP contribution in [0, 0.1) is 5.92 Å². The molecule has 0 bridgehead atoms. The van der Waals surface area contributed by atoms with Crippen LogP contribution < -0.4 is 5.73 Å². The summed E-state index contributed by atoms with van der Waals surface area (Å²) >= 11 is 0. The number of fused-ring (bicyclic) bond motifs is 1. The number of rotatable bonds is 4. The number of likely N-dealkylation sites (N-methyl/N-ethyl adjacent to an activating group) is 1. The molecule has 2 aromatic rings. The second-order valence-corrected chi connectivity index (χ2v) is 5.92. The Morgan fingerprint density at radius 3 is 2.82 bits per heavy atom. The highest BCUT2D eigenvalue weighted by Gasteiger charge is 2.28. The lowest BCUT2D eigenvalue weighted by Gasteiger charge is -2.29. The predicted octanol–water partition coefficient (Wildman–Crippen LogP) is 2.15. The van der Waals surface area contributed by atoms with Crippen LogP contribution in [-0.4, -0.2) is 37.1 Å². The Balaban J connectivity index is 1.64. The van der Waals surface area contributed by atoms with Crippen LogP contribution in [0.5, 0.6) is 0 Å². The highest BCUT2D eigenvalue weighted by molar-refractivity contribution is 5.82. The summed E-state index contributed by atoms with van der Waals surface area (Å²) in [5, 5.41) is 1.05. The summed E-state index contributed by atoms with van der Waals surface area (Å²) in [6, 6.07) is 9.34. The van der Waals surface area contributed by atoms with Gasteiger partial charge in [-0.15, -0.1) is 0 Å². The number of nitrogens with two attached hydrogens (primary N) is 1. The minimum absolute atomic E-state index is 0.0349. The van der Waals surface area contributed by atoms with Crippen LogP contribution in [-0.2, 0) is 16.1 Å². The lowest BCUT2D eigenvalue weighted by Crippen LogP contribution is -2.47. The van der Waals surface area contributed by atoms with E-state index < -0.39 is 6.04 Å². The van der Waals surface area contributed by atoms with E-state index in [0.29, 0.717) is 19.8 Å². The van der Waals surface area contributed by atoms with Gasteiger partial charge in [-0.1, -0.05) is 18.2 Å². The van der Waals surface area contributed by atoms with E-state index in [1.807, 2.05) is 30.3 Å². The van der Waals surface area contributed by atoms with Crippen LogP contribution in [0.25, 0.3) is 11.0 Å². The fraction of sp³-hybridized carbons (Fsp3) is 0.471. The highest BCUT2D eigenvalue weighted by atomic mass is 16.5. The van der Waals surface area contributed by atoms with Gasteiger partial charge in [0.15, 0.2) is 0 Å². The molecule has 1 aliphatic rings. The van der Waals surface area contributed by atoms with Gasteiger partial charge in [-0.25, -0.2) is 0 Å². The first-order valence-electron chi connectivity index (χ1n) is 7.71. The fourth-order valence-corrected chi connectivity index (χ4v) is 2.96. The molecule has 1 aromatic carbocycles. The zero-order valence-electron chi connectivity index (χ0n) is 12.8. The van der Waals surface area contributed by atoms with Gasteiger partial charge in [0.2, 0.25) is 5.91 Å². The number of hydrogen-bond acceptors (Lipinski definition) is 4. The molecule has 0 saturated carbocycles. The SMILES string of the molecule is CN(Cc1cc2ccccc2o1)C(=O)C(N)C1CCOCC1. The minimum Gasteiger partial charge on any atom is -0.459 e. The standard InChI is InChI=1S/C17H22N2O3/c1-19(17(20)16(18)12-6-8-21-9-7-12)11-14-10-13-4-2-3-5-15(13)22-14/h2-5,10,12,16H,6-9,11,18H2,1H3. The smallest absolute Gasteiger partial charge is 0.239 e. The van der Waals surface area contributed by atoms with Gasteiger partial charge in [0.25, 0.3) is 0 Å². The molecule has 22 heavy (non-hydrogen) atoms. The molecule has 5 nitrogen and oxygen atoms in total. The van der Waals surface area contributed by atoms with Gasteiger partial charge in [0, 0.05) is 25.6 Å². The molecule has 118 valence electrons. The van der Waals surface area contributed by atoms with E-state index in [9.17, 15) is 4.79 Å². The Labute approximate surface area is 130 Å². The Hall–Kier alpha value is -1.85. The average Bonchev–Trinajstić information content (AvgIpc) is 2.96. The number of ether oxygens (including phenoxy) is 1. The van der Waals surface area contributed by atoms with Crippen molar-refractivity contribution in [2.24, 2.45) is 11.7 Å². The molecular formula is C17H22N2O3. The maximum atomic E-state index is 12.5. The molecular weight excluding hydrogens is 280 g/mol. The molecule has 1 fully saturated rings. The number of para-hydroxylation sites is 1. The number of amides is 1. The number of carbonyl (C=O) groups excluding carboxylic acids is 1. The Kier molecular flexibility index (Phi) is 4.45.